The second-order valence-electron chi connectivity index (χ2n) is 12.8. The van der Waals surface area contributed by atoms with Crippen LogP contribution in [-0.2, 0) is 9.31 Å². The topological polar surface area (TPSA) is 18.5 Å². The van der Waals surface area contributed by atoms with Crippen molar-refractivity contribution in [1.82, 2.24) is 0 Å². The Kier molecular flexibility index (Phi) is 6.57. The number of hydrogen-bond acceptors (Lipinski definition) is 2. The Balaban J connectivity index is 1.53. The molecule has 0 spiro atoms. The van der Waals surface area contributed by atoms with Crippen molar-refractivity contribution in [2.45, 2.75) is 52.7 Å². The maximum atomic E-state index is 6.62. The molecule has 1 fully saturated rings. The Hall–Kier alpha value is -4.18. The Labute approximate surface area is 255 Å². The fourth-order valence-electron chi connectivity index (χ4n) is 6.53. The molecular weight excluding hydrogens is 523 g/mol. The van der Waals surface area contributed by atoms with Crippen molar-refractivity contribution in [2.24, 2.45) is 0 Å². The minimum atomic E-state index is -0.466. The van der Waals surface area contributed by atoms with E-state index in [2.05, 4.69) is 157 Å². The van der Waals surface area contributed by atoms with Crippen molar-refractivity contribution >= 4 is 51.0 Å². The van der Waals surface area contributed by atoms with E-state index in [1.807, 2.05) is 0 Å². The lowest BCUT2D eigenvalue weighted by Crippen LogP contribution is -2.41. The first-order valence-electron chi connectivity index (χ1n) is 15.2. The van der Waals surface area contributed by atoms with Gasteiger partial charge in [-0.3, -0.25) is 0 Å². The highest BCUT2D eigenvalue weighted by molar-refractivity contribution is 6.62. The molecule has 0 saturated carbocycles. The summed E-state index contributed by atoms with van der Waals surface area (Å²) >= 11 is 0. The fourth-order valence-corrected chi connectivity index (χ4v) is 6.53. The van der Waals surface area contributed by atoms with Gasteiger partial charge in [-0.2, -0.15) is 0 Å². The van der Waals surface area contributed by atoms with E-state index in [0.717, 1.165) is 16.6 Å². The van der Waals surface area contributed by atoms with Crippen LogP contribution in [0.4, 0.5) is 0 Å². The van der Waals surface area contributed by atoms with Gasteiger partial charge in [0.2, 0.25) is 0 Å². The van der Waals surface area contributed by atoms with Gasteiger partial charge in [-0.1, -0.05) is 97.1 Å². The van der Waals surface area contributed by atoms with E-state index in [4.69, 9.17) is 9.31 Å². The first-order chi connectivity index (χ1) is 20.7. The summed E-state index contributed by atoms with van der Waals surface area (Å²) in [5.74, 6) is 0. The van der Waals surface area contributed by atoms with Gasteiger partial charge in [-0.25, -0.2) is 0 Å². The Morgan fingerprint density at radius 2 is 1.09 bits per heavy atom. The van der Waals surface area contributed by atoms with E-state index in [1.54, 1.807) is 0 Å². The third kappa shape index (κ3) is 4.59. The van der Waals surface area contributed by atoms with Crippen molar-refractivity contribution in [2.75, 3.05) is 0 Å². The standard InChI is InChI=1S/C40H37BO2/c1-7-14-32-26(2)37(24-27-15-8-10-17-33(27)32)29-21-30(23-31(22-29)41-42-39(3,4)40(5,6)43-41)38-25-28-16-9-11-18-34(28)35-19-12-13-20-36(35)38/h7-25H,1-6H3/b14-7-. The van der Waals surface area contributed by atoms with Crippen molar-refractivity contribution in [3.63, 3.8) is 0 Å². The molecule has 1 aliphatic heterocycles. The molecule has 6 aromatic carbocycles. The van der Waals surface area contributed by atoms with Crippen LogP contribution in [0.1, 0.15) is 45.7 Å². The molecule has 0 N–H and O–H groups in total. The van der Waals surface area contributed by atoms with E-state index in [1.165, 1.54) is 54.6 Å². The molecule has 0 atom stereocenters. The molecule has 0 radical (unpaired) electrons. The molecule has 43 heavy (non-hydrogen) atoms. The van der Waals surface area contributed by atoms with Crippen LogP contribution >= 0.6 is 0 Å². The summed E-state index contributed by atoms with van der Waals surface area (Å²) in [5.41, 5.74) is 7.44. The first-order valence-corrected chi connectivity index (χ1v) is 15.2. The molecule has 1 saturated heterocycles. The quantitative estimate of drug-likeness (QED) is 0.158. The monoisotopic (exact) mass is 560 g/mol. The largest absolute Gasteiger partial charge is 0.494 e. The molecule has 1 heterocycles. The van der Waals surface area contributed by atoms with Crippen LogP contribution in [0.3, 0.4) is 0 Å². The molecule has 2 nitrogen and oxygen atoms in total. The van der Waals surface area contributed by atoms with Crippen LogP contribution in [0.25, 0.3) is 60.6 Å². The summed E-state index contributed by atoms with van der Waals surface area (Å²) < 4.78 is 13.2. The van der Waals surface area contributed by atoms with E-state index in [-0.39, 0.29) is 0 Å². The third-order valence-corrected chi connectivity index (χ3v) is 9.56. The van der Waals surface area contributed by atoms with Gasteiger partial charge < -0.3 is 9.31 Å². The minimum absolute atomic E-state index is 0.429. The van der Waals surface area contributed by atoms with Crippen molar-refractivity contribution in [3.05, 3.63) is 120 Å². The normalized spacial score (nSPS) is 16.2. The van der Waals surface area contributed by atoms with Gasteiger partial charge in [-0.15, -0.1) is 0 Å². The summed E-state index contributed by atoms with van der Waals surface area (Å²) in [6.07, 6.45) is 4.36. The van der Waals surface area contributed by atoms with Gasteiger partial charge in [0, 0.05) is 0 Å². The van der Waals surface area contributed by atoms with Gasteiger partial charge >= 0.3 is 7.12 Å². The smallest absolute Gasteiger partial charge is 0.399 e. The third-order valence-electron chi connectivity index (χ3n) is 9.56. The molecule has 0 aromatic heterocycles. The predicted molar refractivity (Wildman–Crippen MR) is 185 cm³/mol. The summed E-state index contributed by atoms with van der Waals surface area (Å²) in [6.45, 7) is 12.8. The number of fused-ring (bicyclic) bond motifs is 4. The molecule has 6 aromatic rings. The number of benzene rings is 6. The molecule has 1 aliphatic rings. The summed E-state index contributed by atoms with van der Waals surface area (Å²) in [5, 5.41) is 7.50. The molecule has 0 amide bonds. The SMILES string of the molecule is C/C=C\c1c(C)c(-c2cc(B3OC(C)(C)C(C)(C)O3)cc(-c3cc4ccccc4c4ccccc34)c2)cc2ccccc12. The maximum Gasteiger partial charge on any atom is 0.494 e. The lowest BCUT2D eigenvalue weighted by molar-refractivity contribution is 0.00578. The number of hydrogen-bond donors (Lipinski definition) is 0. The van der Waals surface area contributed by atoms with E-state index < -0.39 is 18.3 Å². The van der Waals surface area contributed by atoms with Crippen molar-refractivity contribution in [3.8, 4) is 22.3 Å². The van der Waals surface area contributed by atoms with Gasteiger partial charge in [0.15, 0.2) is 0 Å². The van der Waals surface area contributed by atoms with Crippen LogP contribution < -0.4 is 5.46 Å². The highest BCUT2D eigenvalue weighted by Crippen LogP contribution is 2.40. The molecule has 0 aliphatic carbocycles. The van der Waals surface area contributed by atoms with E-state index >= 15 is 0 Å². The van der Waals surface area contributed by atoms with E-state index in [0.29, 0.717) is 0 Å². The molecule has 3 heteroatoms. The highest BCUT2D eigenvalue weighted by atomic mass is 16.7. The second kappa shape index (κ2) is 10.2. The maximum absolute atomic E-state index is 6.62. The van der Waals surface area contributed by atoms with Crippen LogP contribution in [0.2, 0.25) is 0 Å². The van der Waals surface area contributed by atoms with Gasteiger partial charge in [-0.05, 0) is 131 Å². The Bertz CT molecular complexity index is 2050. The van der Waals surface area contributed by atoms with Gasteiger partial charge in [0.05, 0.1) is 11.2 Å². The first kappa shape index (κ1) is 27.6. The molecule has 0 unspecified atom stereocenters. The number of allylic oxidation sites excluding steroid dienone is 1. The lowest BCUT2D eigenvalue weighted by Gasteiger charge is -2.32. The molecule has 212 valence electrons. The van der Waals surface area contributed by atoms with Crippen molar-refractivity contribution in [1.29, 1.82) is 0 Å². The Morgan fingerprint density at radius 3 is 1.74 bits per heavy atom. The van der Waals surface area contributed by atoms with E-state index in [9.17, 15) is 0 Å². The fraction of sp³-hybridized carbons (Fsp3) is 0.200. The van der Waals surface area contributed by atoms with Crippen LogP contribution in [0.15, 0.2) is 109 Å². The van der Waals surface area contributed by atoms with Crippen molar-refractivity contribution < 1.29 is 9.31 Å². The zero-order valence-corrected chi connectivity index (χ0v) is 25.9. The predicted octanol–water partition coefficient (Wildman–Crippen LogP) is 10.1. The molecular formula is C40H37BO2. The highest BCUT2D eigenvalue weighted by Gasteiger charge is 2.51. The zero-order chi connectivity index (χ0) is 29.9. The van der Waals surface area contributed by atoms with Crippen LogP contribution in [0, 0.1) is 6.92 Å². The Morgan fingerprint density at radius 1 is 0.581 bits per heavy atom. The average molecular weight is 561 g/mol. The summed E-state index contributed by atoms with van der Waals surface area (Å²) in [7, 11) is -0.466. The van der Waals surface area contributed by atoms with Gasteiger partial charge in [0.1, 0.15) is 0 Å². The zero-order valence-electron chi connectivity index (χ0n) is 25.9. The molecule has 7 rings (SSSR count). The number of rotatable bonds is 4. The minimum Gasteiger partial charge on any atom is -0.399 e. The summed E-state index contributed by atoms with van der Waals surface area (Å²) in [4.78, 5) is 0. The van der Waals surface area contributed by atoms with Crippen LogP contribution in [0.5, 0.6) is 0 Å². The second-order valence-corrected chi connectivity index (χ2v) is 12.8. The average Bonchev–Trinajstić information content (AvgIpc) is 3.24. The molecule has 0 bridgehead atoms. The van der Waals surface area contributed by atoms with Gasteiger partial charge in [0.25, 0.3) is 0 Å². The summed E-state index contributed by atoms with van der Waals surface area (Å²) in [6, 6.07) is 37.6. The van der Waals surface area contributed by atoms with Crippen LogP contribution in [-0.4, -0.2) is 18.3 Å². The lowest BCUT2D eigenvalue weighted by atomic mass is 9.75.